The second kappa shape index (κ2) is 16.5. The Morgan fingerprint density at radius 2 is 1.79 bits per heavy atom. The summed E-state index contributed by atoms with van der Waals surface area (Å²) in [4.78, 5) is 40.0. The van der Waals surface area contributed by atoms with Crippen molar-refractivity contribution in [2.24, 2.45) is 0 Å². The number of fused-ring (bicyclic) bond motifs is 1. The lowest BCUT2D eigenvalue weighted by molar-refractivity contribution is -0.143. The number of ether oxygens (including phenoxy) is 1. The van der Waals surface area contributed by atoms with Gasteiger partial charge >= 0.3 is 5.97 Å². The third-order valence-corrected chi connectivity index (χ3v) is 15.8. The molecule has 1 atom stereocenters. The molecule has 0 aliphatic heterocycles. The number of phenolic OH excluding ortho intramolecular Hbond substituents is 1. The molecule has 1 heterocycles. The Bertz CT molecular complexity index is 2020. The van der Waals surface area contributed by atoms with Gasteiger partial charge in [-0.3, -0.25) is 14.4 Å². The minimum Gasteiger partial charge on any atom is -0.506 e. The Morgan fingerprint density at radius 3 is 2.47 bits per heavy atom. The van der Waals surface area contributed by atoms with E-state index < -0.39 is 25.8 Å². The number of hydrogen-bond acceptors (Lipinski definition) is 7. The van der Waals surface area contributed by atoms with Crippen molar-refractivity contribution < 1.29 is 29.0 Å². The molecule has 1 saturated carbocycles. The fourth-order valence-electron chi connectivity index (χ4n) is 6.94. The number of carboxylic acids is 1. The van der Waals surface area contributed by atoms with Crippen LogP contribution in [0, 0.1) is 0 Å². The van der Waals surface area contributed by atoms with E-state index in [2.05, 4.69) is 49.5 Å². The van der Waals surface area contributed by atoms with Crippen LogP contribution in [-0.4, -0.2) is 49.0 Å². The summed E-state index contributed by atoms with van der Waals surface area (Å²) in [6.45, 7) is 11.7. The summed E-state index contributed by atoms with van der Waals surface area (Å²) in [7, 11) is -0.700. The lowest BCUT2D eigenvalue weighted by Gasteiger charge is -2.39. The van der Waals surface area contributed by atoms with E-state index in [1.807, 2.05) is 30.3 Å². The number of phenols is 1. The monoisotopic (exact) mass is 761 g/mol. The van der Waals surface area contributed by atoms with E-state index >= 15 is 0 Å². The van der Waals surface area contributed by atoms with Gasteiger partial charge in [-0.2, -0.15) is 0 Å². The van der Waals surface area contributed by atoms with Gasteiger partial charge in [0.1, 0.15) is 11.5 Å². The number of benzene rings is 3. The van der Waals surface area contributed by atoms with Crippen LogP contribution in [0.5, 0.6) is 11.5 Å². The Morgan fingerprint density at radius 1 is 1.06 bits per heavy atom. The van der Waals surface area contributed by atoms with Crippen molar-refractivity contribution in [3.05, 3.63) is 98.3 Å². The number of methoxy groups -OCH3 is 1. The zero-order chi connectivity index (χ0) is 38.6. The van der Waals surface area contributed by atoms with E-state index in [0.29, 0.717) is 66.1 Å². The quantitative estimate of drug-likeness (QED) is 0.0756. The van der Waals surface area contributed by atoms with Crippen molar-refractivity contribution in [2.45, 2.75) is 102 Å². The number of amides is 1. The van der Waals surface area contributed by atoms with E-state index in [1.165, 1.54) is 6.07 Å². The van der Waals surface area contributed by atoms with Crippen LogP contribution in [0.2, 0.25) is 23.2 Å². The number of aromatic amines is 1. The number of aromatic hydroxyl groups is 1. The predicted molar refractivity (Wildman–Crippen MR) is 213 cm³/mol. The summed E-state index contributed by atoms with van der Waals surface area (Å²) in [6, 6.07) is 17.9. The zero-order valence-corrected chi connectivity index (χ0v) is 33.3. The molecule has 5 N–H and O–H groups in total. The van der Waals surface area contributed by atoms with Crippen LogP contribution in [0.25, 0.3) is 10.9 Å². The van der Waals surface area contributed by atoms with Gasteiger partial charge in [0, 0.05) is 42.6 Å². The van der Waals surface area contributed by atoms with E-state index in [-0.39, 0.29) is 28.7 Å². The Hall–Kier alpha value is -4.16. The van der Waals surface area contributed by atoms with Crippen molar-refractivity contribution in [2.75, 3.05) is 19.0 Å². The Kier molecular flexibility index (Phi) is 12.4. The maximum absolute atomic E-state index is 13.0. The zero-order valence-electron chi connectivity index (χ0n) is 31.5. The highest BCUT2D eigenvalue weighted by atomic mass is 35.5. The molecule has 4 aromatic rings. The van der Waals surface area contributed by atoms with Crippen LogP contribution in [0.15, 0.2) is 65.5 Å². The highest BCUT2D eigenvalue weighted by molar-refractivity contribution is 6.74. The first-order valence-electron chi connectivity index (χ1n) is 18.3. The molecule has 1 aliphatic rings. The van der Waals surface area contributed by atoms with Gasteiger partial charge in [-0.15, -0.1) is 0 Å². The maximum Gasteiger partial charge on any atom is 0.314 e. The van der Waals surface area contributed by atoms with Crippen molar-refractivity contribution >= 4 is 48.4 Å². The van der Waals surface area contributed by atoms with Crippen LogP contribution in [0.3, 0.4) is 0 Å². The number of anilines is 1. The number of hydrogen-bond donors (Lipinski definition) is 5. The number of carbonyl (C=O) groups excluding carboxylic acids is 1. The molecule has 0 spiro atoms. The van der Waals surface area contributed by atoms with Gasteiger partial charge in [0.2, 0.25) is 11.5 Å². The summed E-state index contributed by atoms with van der Waals surface area (Å²) in [5.41, 5.74) is 3.22. The third-order valence-electron chi connectivity index (χ3n) is 11.0. The molecule has 5 rings (SSSR count). The highest BCUT2D eigenvalue weighted by Crippen LogP contribution is 2.43. The van der Waals surface area contributed by atoms with Gasteiger partial charge < -0.3 is 35.0 Å². The first kappa shape index (κ1) is 40.0. The number of rotatable bonds is 15. The Labute approximate surface area is 317 Å². The summed E-state index contributed by atoms with van der Waals surface area (Å²) in [6.07, 6.45) is 4.25. The van der Waals surface area contributed by atoms with Gasteiger partial charge in [-0.05, 0) is 78.7 Å². The SMILES string of the molecule is COc1cc(NC(=O)CCCc2cccc(C3(C(=O)O)CCCC3)c2)c(Cl)cc1CNC[C@H](O[Si](C)(C)C(C)(C)C)c1ccc(O)c2[nH]c(=O)ccc12. The van der Waals surface area contributed by atoms with Gasteiger partial charge in [-0.1, -0.05) is 75.5 Å². The smallest absolute Gasteiger partial charge is 0.314 e. The molecule has 0 unspecified atom stereocenters. The molecule has 1 aliphatic carbocycles. The molecule has 1 fully saturated rings. The number of aliphatic carboxylic acids is 1. The normalized spacial score (nSPS) is 15.0. The number of aromatic nitrogens is 1. The molecule has 0 saturated heterocycles. The molecule has 10 nitrogen and oxygen atoms in total. The molecule has 1 aromatic heterocycles. The average molecular weight is 762 g/mol. The van der Waals surface area contributed by atoms with Gasteiger partial charge in [-0.25, -0.2) is 0 Å². The van der Waals surface area contributed by atoms with E-state index in [9.17, 15) is 24.6 Å². The molecule has 0 bridgehead atoms. The molecule has 53 heavy (non-hydrogen) atoms. The fraction of sp³-hybridized carbons (Fsp3) is 0.439. The summed E-state index contributed by atoms with van der Waals surface area (Å²) >= 11 is 6.70. The minimum absolute atomic E-state index is 0.00755. The number of carbonyl (C=O) groups is 2. The van der Waals surface area contributed by atoms with E-state index in [0.717, 1.165) is 35.1 Å². The van der Waals surface area contributed by atoms with Crippen LogP contribution < -0.4 is 20.9 Å². The minimum atomic E-state index is -2.27. The van der Waals surface area contributed by atoms with Crippen molar-refractivity contribution in [3.8, 4) is 11.5 Å². The number of H-pyrrole nitrogens is 1. The number of aryl methyl sites for hydroxylation is 1. The van der Waals surface area contributed by atoms with Gasteiger partial charge in [0.15, 0.2) is 8.32 Å². The van der Waals surface area contributed by atoms with Gasteiger partial charge in [0.25, 0.3) is 0 Å². The molecule has 12 heteroatoms. The number of carboxylic acid groups (broad SMARTS) is 1. The van der Waals surface area contributed by atoms with Crippen molar-refractivity contribution in [1.82, 2.24) is 10.3 Å². The largest absolute Gasteiger partial charge is 0.506 e. The molecule has 1 amide bonds. The highest BCUT2D eigenvalue weighted by Gasteiger charge is 2.43. The second-order valence-corrected chi connectivity index (χ2v) is 20.8. The third kappa shape index (κ3) is 9.14. The van der Waals surface area contributed by atoms with E-state index in [4.69, 9.17) is 20.8 Å². The molecular formula is C41H52ClN3O7Si. The first-order chi connectivity index (χ1) is 25.0. The molecule has 3 aromatic carbocycles. The standard InChI is InChI=1S/C41H52ClN3O7Si/c1-40(2,3)53(5,6)52-35(29-15-17-33(46)38-30(29)16-18-37(48)45-38)25-43-24-27-22-31(42)32(23-34(27)51-4)44-36(47)14-10-12-26-11-9-13-28(21-26)41(39(49)50)19-7-8-20-41/h9,11,13,15-18,21-23,35,43,46H,7-8,10,12,14,19-20,24-25H2,1-6H3,(H,44,47)(H,45,48)(H,49,50)/t35-/m0/s1. The average Bonchev–Trinajstić information content (AvgIpc) is 3.61. The number of pyridine rings is 1. The van der Waals surface area contributed by atoms with Crippen LogP contribution >= 0.6 is 11.6 Å². The lowest BCUT2D eigenvalue weighted by Crippen LogP contribution is -2.43. The van der Waals surface area contributed by atoms with Gasteiger partial charge in [0.05, 0.1) is 34.9 Å². The lowest BCUT2D eigenvalue weighted by atomic mass is 9.78. The van der Waals surface area contributed by atoms with E-state index in [1.54, 1.807) is 31.4 Å². The van der Waals surface area contributed by atoms with Crippen LogP contribution in [0.4, 0.5) is 5.69 Å². The van der Waals surface area contributed by atoms with Crippen molar-refractivity contribution in [1.29, 1.82) is 0 Å². The number of halogens is 1. The summed E-state index contributed by atoms with van der Waals surface area (Å²) < 4.78 is 12.6. The number of nitrogens with one attached hydrogen (secondary N) is 3. The van der Waals surface area contributed by atoms with Crippen LogP contribution in [0.1, 0.15) is 87.7 Å². The fourth-order valence-corrected chi connectivity index (χ4v) is 8.45. The second-order valence-electron chi connectivity index (χ2n) is 15.6. The summed E-state index contributed by atoms with van der Waals surface area (Å²) in [5.74, 6) is -0.389. The Balaban J connectivity index is 1.24. The molecule has 284 valence electrons. The summed E-state index contributed by atoms with van der Waals surface area (Å²) in [5, 5.41) is 28.0. The topological polar surface area (TPSA) is 150 Å². The molecule has 0 radical (unpaired) electrons. The molecular weight excluding hydrogens is 710 g/mol. The van der Waals surface area contributed by atoms with Crippen LogP contribution in [-0.2, 0) is 32.4 Å². The first-order valence-corrected chi connectivity index (χ1v) is 21.6. The predicted octanol–water partition coefficient (Wildman–Crippen LogP) is 8.61. The maximum atomic E-state index is 13.0. The van der Waals surface area contributed by atoms with Crippen molar-refractivity contribution in [3.63, 3.8) is 0 Å².